The molecule has 0 fully saturated rings. The van der Waals surface area contributed by atoms with Crippen molar-refractivity contribution in [3.05, 3.63) is 115 Å². The predicted molar refractivity (Wildman–Crippen MR) is 150 cm³/mol. The lowest BCUT2D eigenvalue weighted by molar-refractivity contribution is 0.346. The van der Waals surface area contributed by atoms with E-state index in [1.165, 1.54) is 22.5 Å². The fourth-order valence-electron chi connectivity index (χ4n) is 3.59. The fourth-order valence-corrected chi connectivity index (χ4v) is 8.85. The van der Waals surface area contributed by atoms with Crippen LogP contribution in [0, 0.1) is 0 Å². The van der Waals surface area contributed by atoms with E-state index in [-0.39, 0.29) is 0 Å². The first-order valence-electron chi connectivity index (χ1n) is 10.4. The third-order valence-corrected chi connectivity index (χ3v) is 10.8. The monoisotopic (exact) mass is 490 g/mol. The number of thiocarbonyl (C=S) groups is 1. The van der Waals surface area contributed by atoms with Crippen molar-refractivity contribution >= 4 is 72.5 Å². The minimum Gasteiger partial charge on any atom is -0.479 e. The molecule has 160 valence electrons. The lowest BCUT2D eigenvalue weighted by Crippen LogP contribution is -2.14. The lowest BCUT2D eigenvalue weighted by atomic mass is 10.0. The highest BCUT2D eigenvalue weighted by Crippen LogP contribution is 2.50. The van der Waals surface area contributed by atoms with Crippen LogP contribution in [0.25, 0.3) is 15.7 Å². The topological polar surface area (TPSA) is 9.23 Å². The molecule has 0 aliphatic heterocycles. The first kappa shape index (κ1) is 22.9. The van der Waals surface area contributed by atoms with E-state index < -0.39 is 6.04 Å². The fraction of sp³-hybridized carbons (Fsp3) is 0.0741. The van der Waals surface area contributed by atoms with Gasteiger partial charge in [-0.15, -0.1) is 0 Å². The molecule has 0 spiro atoms. The van der Waals surface area contributed by atoms with Crippen LogP contribution in [-0.2, 0) is 16.5 Å². The van der Waals surface area contributed by atoms with Gasteiger partial charge in [0.25, 0.3) is 0 Å². The Morgan fingerprint density at radius 1 is 0.812 bits per heavy atom. The van der Waals surface area contributed by atoms with Gasteiger partial charge in [0.1, 0.15) is 0 Å². The molecule has 0 radical (unpaired) electrons. The van der Waals surface area contributed by atoms with Gasteiger partial charge in [0.2, 0.25) is 4.38 Å². The van der Waals surface area contributed by atoms with Crippen molar-refractivity contribution < 1.29 is 4.74 Å². The molecule has 0 aliphatic carbocycles. The summed E-state index contributed by atoms with van der Waals surface area (Å²) < 4.78 is 6.17. The zero-order valence-corrected chi connectivity index (χ0v) is 21.0. The van der Waals surface area contributed by atoms with Gasteiger partial charge in [-0.3, -0.25) is 0 Å². The Morgan fingerprint density at radius 2 is 1.38 bits per heavy atom. The second-order valence-electron chi connectivity index (χ2n) is 7.13. The van der Waals surface area contributed by atoms with Gasteiger partial charge < -0.3 is 4.74 Å². The SMILES string of the molecule is CCOC(=S)S/C(=C/P(=S)(c1ccccc1)c1ccccc1)c1cccc2ccccc12. The standard InChI is InChI=1S/C27H23OPS3/c1-2-28-27(30)32-26(25-19-11-13-21-12-9-10-18-24(21)25)20-29(31,22-14-5-3-6-15-22)23-16-7-4-8-17-23/h3-20H,2H2,1H3/b26-20+. The van der Waals surface area contributed by atoms with E-state index in [0.29, 0.717) is 11.0 Å². The molecule has 0 saturated heterocycles. The first-order chi connectivity index (χ1) is 15.6. The van der Waals surface area contributed by atoms with Crippen molar-refractivity contribution in [2.75, 3.05) is 6.61 Å². The molecule has 0 heterocycles. The van der Waals surface area contributed by atoms with Crippen LogP contribution in [-0.4, -0.2) is 11.0 Å². The van der Waals surface area contributed by atoms with E-state index in [9.17, 15) is 0 Å². The summed E-state index contributed by atoms with van der Waals surface area (Å²) in [5, 5.41) is 4.67. The quantitative estimate of drug-likeness (QED) is 0.207. The number of ether oxygens (including phenoxy) is 1. The average molecular weight is 491 g/mol. The first-order valence-corrected chi connectivity index (χ1v) is 14.5. The van der Waals surface area contributed by atoms with Gasteiger partial charge in [-0.1, -0.05) is 115 Å². The Kier molecular flexibility index (Phi) is 7.59. The third-order valence-electron chi connectivity index (χ3n) is 5.09. The molecule has 4 rings (SSSR count). The van der Waals surface area contributed by atoms with E-state index in [4.69, 9.17) is 28.8 Å². The molecule has 0 N–H and O–H groups in total. The Morgan fingerprint density at radius 3 is 2.00 bits per heavy atom. The van der Waals surface area contributed by atoms with Crippen molar-refractivity contribution in [3.63, 3.8) is 0 Å². The van der Waals surface area contributed by atoms with E-state index in [1.807, 2.05) is 19.1 Å². The lowest BCUT2D eigenvalue weighted by Gasteiger charge is -2.22. The summed E-state index contributed by atoms with van der Waals surface area (Å²) in [5.41, 5.74) is 1.12. The van der Waals surface area contributed by atoms with Gasteiger partial charge in [-0.2, -0.15) is 0 Å². The Labute approximate surface area is 204 Å². The van der Waals surface area contributed by atoms with Crippen molar-refractivity contribution in [3.8, 4) is 0 Å². The van der Waals surface area contributed by atoms with Crippen LogP contribution in [0.1, 0.15) is 12.5 Å². The van der Waals surface area contributed by atoms with Gasteiger partial charge >= 0.3 is 0 Å². The van der Waals surface area contributed by atoms with Crippen LogP contribution in [0.2, 0.25) is 0 Å². The second-order valence-corrected chi connectivity index (χ2v) is 13.1. The number of fused-ring (bicyclic) bond motifs is 1. The highest BCUT2D eigenvalue weighted by atomic mass is 32.4. The zero-order chi connectivity index (χ0) is 22.4. The molecule has 0 aromatic heterocycles. The van der Waals surface area contributed by atoms with Crippen LogP contribution >= 0.6 is 30.0 Å². The van der Waals surface area contributed by atoms with Crippen LogP contribution in [0.3, 0.4) is 0 Å². The molecule has 1 nitrogen and oxygen atoms in total. The largest absolute Gasteiger partial charge is 0.479 e. The van der Waals surface area contributed by atoms with Gasteiger partial charge in [0.05, 0.1) is 6.61 Å². The smallest absolute Gasteiger partial charge is 0.224 e. The Hall–Kier alpha value is -2.23. The zero-order valence-electron chi connectivity index (χ0n) is 17.7. The molecule has 0 amide bonds. The summed E-state index contributed by atoms with van der Waals surface area (Å²) in [5.74, 6) is 2.27. The van der Waals surface area contributed by atoms with E-state index >= 15 is 0 Å². The Bertz CT molecular complexity index is 1250. The van der Waals surface area contributed by atoms with Crippen molar-refractivity contribution in [1.82, 2.24) is 0 Å². The average Bonchev–Trinajstić information content (AvgIpc) is 2.84. The van der Waals surface area contributed by atoms with Gasteiger partial charge in [-0.05, 0) is 63.7 Å². The number of thioether (sulfide) groups is 1. The van der Waals surface area contributed by atoms with Gasteiger partial charge in [0, 0.05) is 10.9 Å². The van der Waals surface area contributed by atoms with E-state index in [0.717, 1.165) is 21.1 Å². The van der Waals surface area contributed by atoms with E-state index in [1.54, 1.807) is 0 Å². The third kappa shape index (κ3) is 5.05. The maximum Gasteiger partial charge on any atom is 0.224 e. The number of hydrogen-bond donors (Lipinski definition) is 0. The van der Waals surface area contributed by atoms with Gasteiger partial charge in [0.15, 0.2) is 0 Å². The molecular weight excluding hydrogens is 467 g/mol. The second kappa shape index (κ2) is 10.6. The molecule has 4 aromatic rings. The minimum absolute atomic E-state index is 0.509. The van der Waals surface area contributed by atoms with Crippen molar-refractivity contribution in [2.24, 2.45) is 0 Å². The summed E-state index contributed by atoms with van der Waals surface area (Å²) in [6, 6.07) is 33.3. The summed E-state index contributed by atoms with van der Waals surface area (Å²) in [6.07, 6.45) is 0. The molecule has 0 aliphatic rings. The highest BCUT2D eigenvalue weighted by Gasteiger charge is 2.23. The highest BCUT2D eigenvalue weighted by molar-refractivity contribution is 8.30. The van der Waals surface area contributed by atoms with Crippen molar-refractivity contribution in [2.45, 2.75) is 6.92 Å². The normalized spacial score (nSPS) is 12.0. The Balaban J connectivity index is 1.97. The summed E-state index contributed by atoms with van der Waals surface area (Å²) in [6.45, 7) is 2.49. The summed E-state index contributed by atoms with van der Waals surface area (Å²) >= 11 is 13.5. The van der Waals surface area contributed by atoms with Crippen LogP contribution in [0.5, 0.6) is 0 Å². The molecule has 0 atom stereocenters. The van der Waals surface area contributed by atoms with E-state index in [2.05, 4.69) is 96.8 Å². The minimum atomic E-state index is -2.26. The van der Waals surface area contributed by atoms with Crippen molar-refractivity contribution in [1.29, 1.82) is 0 Å². The maximum absolute atomic E-state index is 6.49. The van der Waals surface area contributed by atoms with Crippen LogP contribution in [0.4, 0.5) is 0 Å². The molecule has 0 unspecified atom stereocenters. The number of hydrogen-bond acceptors (Lipinski definition) is 4. The maximum atomic E-state index is 6.49. The summed E-state index contributed by atoms with van der Waals surface area (Å²) in [4.78, 5) is 1.04. The predicted octanol–water partition coefficient (Wildman–Crippen LogP) is 7.32. The molecule has 32 heavy (non-hydrogen) atoms. The number of benzene rings is 4. The van der Waals surface area contributed by atoms with Gasteiger partial charge in [-0.25, -0.2) is 0 Å². The molecule has 0 saturated carbocycles. The molecule has 0 bridgehead atoms. The molecule has 4 aromatic carbocycles. The molecule has 5 heteroatoms. The van der Waals surface area contributed by atoms with Crippen LogP contribution < -0.4 is 10.6 Å². The number of rotatable bonds is 6. The summed E-state index contributed by atoms with van der Waals surface area (Å²) in [7, 11) is 0. The van der Waals surface area contributed by atoms with Crippen LogP contribution in [0.15, 0.2) is 109 Å². The molecular formula is C27H23OPS3.